The number of hydrogen-bond donors (Lipinski definition) is 2. The van der Waals surface area contributed by atoms with Crippen LogP contribution in [0.1, 0.15) is 33.9 Å². The van der Waals surface area contributed by atoms with Crippen molar-refractivity contribution in [1.82, 2.24) is 0 Å². The van der Waals surface area contributed by atoms with E-state index in [1.807, 2.05) is 37.3 Å². The Hall–Kier alpha value is -2.91. The molecule has 138 valence electrons. The lowest BCUT2D eigenvalue weighted by molar-refractivity contribution is -0.676. The molecule has 0 bridgehead atoms. The van der Waals surface area contributed by atoms with Crippen molar-refractivity contribution >= 4 is 11.6 Å². The number of aryl methyl sites for hydroxylation is 3. The molecule has 0 spiro atoms. The van der Waals surface area contributed by atoms with Crippen molar-refractivity contribution in [3.8, 4) is 0 Å². The Morgan fingerprint density at radius 1 is 0.852 bits per heavy atom. The van der Waals surface area contributed by atoms with Gasteiger partial charge in [-0.1, -0.05) is 77.9 Å². The van der Waals surface area contributed by atoms with Gasteiger partial charge < -0.3 is 10.6 Å². The van der Waals surface area contributed by atoms with E-state index in [-0.39, 0.29) is 11.9 Å². The summed E-state index contributed by atoms with van der Waals surface area (Å²) in [7, 11) is 0. The average Bonchev–Trinajstić information content (AvgIpc) is 2.66. The fraction of sp³-hybridized carbons (Fsp3) is 0.208. The second kappa shape index (κ2) is 8.65. The van der Waals surface area contributed by atoms with Crippen LogP contribution in [0.25, 0.3) is 0 Å². The highest BCUT2D eigenvalue weighted by atomic mass is 16.1. The van der Waals surface area contributed by atoms with E-state index >= 15 is 0 Å². The number of anilines is 1. The van der Waals surface area contributed by atoms with Gasteiger partial charge in [-0.3, -0.25) is 4.79 Å². The highest BCUT2D eigenvalue weighted by Gasteiger charge is 2.19. The highest BCUT2D eigenvalue weighted by Crippen LogP contribution is 2.19. The maximum Gasteiger partial charge on any atom is 0.279 e. The quantitative estimate of drug-likeness (QED) is 0.689. The Labute approximate surface area is 161 Å². The van der Waals surface area contributed by atoms with Crippen molar-refractivity contribution in [2.45, 2.75) is 26.8 Å². The molecule has 0 fully saturated rings. The molecule has 0 heterocycles. The number of carbonyl (C=O) groups excluding carboxylic acids is 1. The summed E-state index contributed by atoms with van der Waals surface area (Å²) in [5, 5.41) is 5.13. The van der Waals surface area contributed by atoms with Crippen LogP contribution >= 0.6 is 0 Å². The number of benzene rings is 3. The molecule has 0 radical (unpaired) electrons. The number of amides is 1. The van der Waals surface area contributed by atoms with Crippen LogP contribution in [0, 0.1) is 20.8 Å². The van der Waals surface area contributed by atoms with Gasteiger partial charge in [0.15, 0.2) is 6.54 Å². The number of quaternary nitrogens is 1. The summed E-state index contributed by atoms with van der Waals surface area (Å²) in [6, 6.07) is 25.0. The van der Waals surface area contributed by atoms with Crippen LogP contribution in [0.3, 0.4) is 0 Å². The van der Waals surface area contributed by atoms with Gasteiger partial charge in [-0.05, 0) is 32.4 Å². The van der Waals surface area contributed by atoms with Gasteiger partial charge >= 0.3 is 0 Å². The van der Waals surface area contributed by atoms with Gasteiger partial charge in [-0.25, -0.2) is 0 Å². The summed E-state index contributed by atoms with van der Waals surface area (Å²) >= 11 is 0. The van der Waals surface area contributed by atoms with Crippen molar-refractivity contribution < 1.29 is 10.1 Å². The van der Waals surface area contributed by atoms with E-state index in [9.17, 15) is 4.79 Å². The highest BCUT2D eigenvalue weighted by molar-refractivity contribution is 5.92. The number of carbonyl (C=O) groups is 1. The molecule has 3 aromatic rings. The van der Waals surface area contributed by atoms with E-state index < -0.39 is 0 Å². The van der Waals surface area contributed by atoms with Gasteiger partial charge in [0.25, 0.3) is 5.91 Å². The van der Waals surface area contributed by atoms with Crippen LogP contribution < -0.4 is 10.6 Å². The molecule has 0 aromatic heterocycles. The molecular weight excluding hydrogens is 332 g/mol. The summed E-state index contributed by atoms with van der Waals surface area (Å²) in [5.41, 5.74) is 6.79. The molecule has 3 N–H and O–H groups in total. The zero-order valence-corrected chi connectivity index (χ0v) is 16.2. The first kappa shape index (κ1) is 18.9. The van der Waals surface area contributed by atoms with E-state index in [1.165, 1.54) is 22.3 Å². The molecule has 0 aliphatic heterocycles. The minimum absolute atomic E-state index is 0.00926. The number of rotatable bonds is 6. The molecule has 0 saturated carbocycles. The molecule has 3 nitrogen and oxygen atoms in total. The van der Waals surface area contributed by atoms with Gasteiger partial charge in [0, 0.05) is 16.8 Å². The zero-order valence-electron chi connectivity index (χ0n) is 16.2. The van der Waals surface area contributed by atoms with E-state index in [0.717, 1.165) is 11.3 Å². The van der Waals surface area contributed by atoms with Crippen LogP contribution in [-0.4, -0.2) is 12.5 Å². The predicted molar refractivity (Wildman–Crippen MR) is 111 cm³/mol. The van der Waals surface area contributed by atoms with E-state index in [2.05, 4.69) is 66.9 Å². The fourth-order valence-corrected chi connectivity index (χ4v) is 3.28. The second-order valence-electron chi connectivity index (χ2n) is 7.11. The average molecular weight is 359 g/mol. The first-order chi connectivity index (χ1) is 13.0. The number of nitrogens with two attached hydrogens (primary N) is 1. The first-order valence-corrected chi connectivity index (χ1v) is 9.35. The summed E-state index contributed by atoms with van der Waals surface area (Å²) in [6.07, 6.45) is 0. The number of hydrogen-bond acceptors (Lipinski definition) is 1. The third-order valence-corrected chi connectivity index (χ3v) is 4.79. The molecule has 27 heavy (non-hydrogen) atoms. The fourth-order valence-electron chi connectivity index (χ4n) is 3.28. The van der Waals surface area contributed by atoms with Crippen molar-refractivity contribution in [2.75, 3.05) is 11.9 Å². The van der Waals surface area contributed by atoms with Crippen molar-refractivity contribution in [3.63, 3.8) is 0 Å². The summed E-state index contributed by atoms with van der Waals surface area (Å²) in [4.78, 5) is 12.5. The van der Waals surface area contributed by atoms with Gasteiger partial charge in [0.1, 0.15) is 6.04 Å². The lowest BCUT2D eigenvalue weighted by Crippen LogP contribution is -2.87. The molecule has 1 atom stereocenters. The predicted octanol–water partition coefficient (Wildman–Crippen LogP) is 3.90. The summed E-state index contributed by atoms with van der Waals surface area (Å²) in [6.45, 7) is 6.52. The normalized spacial score (nSPS) is 11.8. The first-order valence-electron chi connectivity index (χ1n) is 9.35. The van der Waals surface area contributed by atoms with Crippen molar-refractivity contribution in [3.05, 3.63) is 101 Å². The molecule has 3 rings (SSSR count). The maximum atomic E-state index is 12.5. The molecule has 0 saturated heterocycles. The lowest BCUT2D eigenvalue weighted by atomic mass is 9.98. The minimum Gasteiger partial charge on any atom is -0.328 e. The van der Waals surface area contributed by atoms with Crippen LogP contribution in [0.5, 0.6) is 0 Å². The van der Waals surface area contributed by atoms with Crippen molar-refractivity contribution in [2.24, 2.45) is 0 Å². The van der Waals surface area contributed by atoms with Crippen LogP contribution in [0.15, 0.2) is 72.8 Å². The molecule has 1 amide bonds. The smallest absolute Gasteiger partial charge is 0.279 e. The molecule has 3 aromatic carbocycles. The summed E-state index contributed by atoms with van der Waals surface area (Å²) < 4.78 is 0. The van der Waals surface area contributed by atoms with Crippen molar-refractivity contribution in [1.29, 1.82) is 0 Å². The zero-order chi connectivity index (χ0) is 19.2. The molecule has 0 unspecified atom stereocenters. The van der Waals surface area contributed by atoms with E-state index in [1.54, 1.807) is 0 Å². The lowest BCUT2D eigenvalue weighted by Gasteiger charge is -2.17. The van der Waals surface area contributed by atoms with Gasteiger partial charge in [0.2, 0.25) is 0 Å². The van der Waals surface area contributed by atoms with Gasteiger partial charge in [-0.15, -0.1) is 0 Å². The monoisotopic (exact) mass is 359 g/mol. The second-order valence-corrected chi connectivity index (χ2v) is 7.11. The molecule has 0 aliphatic rings. The minimum atomic E-state index is 0.00926. The van der Waals surface area contributed by atoms with E-state index in [4.69, 9.17) is 0 Å². The molecule has 0 aliphatic carbocycles. The maximum absolute atomic E-state index is 12.5. The topological polar surface area (TPSA) is 45.7 Å². The molecular formula is C24H27N2O+. The Morgan fingerprint density at radius 2 is 1.48 bits per heavy atom. The third kappa shape index (κ3) is 5.05. The van der Waals surface area contributed by atoms with E-state index in [0.29, 0.717) is 6.54 Å². The third-order valence-electron chi connectivity index (χ3n) is 4.79. The van der Waals surface area contributed by atoms with Crippen LogP contribution in [0.2, 0.25) is 0 Å². The Kier molecular flexibility index (Phi) is 6.05. The van der Waals surface area contributed by atoms with Crippen LogP contribution in [-0.2, 0) is 4.79 Å². The molecule has 3 heteroatoms. The largest absolute Gasteiger partial charge is 0.328 e. The van der Waals surface area contributed by atoms with Gasteiger partial charge in [0.05, 0.1) is 0 Å². The Morgan fingerprint density at radius 3 is 2.15 bits per heavy atom. The Balaban J connectivity index is 1.72. The summed E-state index contributed by atoms with van der Waals surface area (Å²) in [5.74, 6) is 0.00926. The van der Waals surface area contributed by atoms with Crippen LogP contribution in [0.4, 0.5) is 5.69 Å². The number of nitrogens with one attached hydrogen (secondary N) is 1. The standard InChI is InChI=1S/C24H26N2O/c1-17-9-12-21(13-10-17)24(20-7-5-4-6-8-20)25-16-23(27)26-22-14-11-18(2)15-19(22)3/h4-15,24-25H,16H2,1-3H3,(H,26,27)/p+1/t24-/m1/s1. The Bertz CT molecular complexity index is 901. The SMILES string of the molecule is Cc1ccc([C@H]([NH2+]CC(=O)Nc2ccc(C)cc2C)c2ccccc2)cc1. The van der Waals surface area contributed by atoms with Gasteiger partial charge in [-0.2, -0.15) is 0 Å².